The molecule has 1 aromatic carbocycles. The molecule has 6 nitrogen and oxygen atoms in total. The second kappa shape index (κ2) is 8.82. The van der Waals surface area contributed by atoms with E-state index in [-0.39, 0.29) is 22.9 Å². The van der Waals surface area contributed by atoms with Crippen LogP contribution in [0, 0.1) is 0 Å². The van der Waals surface area contributed by atoms with Gasteiger partial charge >= 0.3 is 0 Å². The van der Waals surface area contributed by atoms with Gasteiger partial charge < -0.3 is 10.6 Å². The van der Waals surface area contributed by atoms with Gasteiger partial charge in [-0.1, -0.05) is 13.8 Å². The summed E-state index contributed by atoms with van der Waals surface area (Å²) in [7, 11) is 0. The predicted octanol–water partition coefficient (Wildman–Crippen LogP) is 2.72. The summed E-state index contributed by atoms with van der Waals surface area (Å²) in [6.07, 6.45) is 3.67. The number of aromatic nitrogens is 1. The van der Waals surface area contributed by atoms with Gasteiger partial charge in [0.15, 0.2) is 0 Å². The topological polar surface area (TPSA) is 80.2 Å². The summed E-state index contributed by atoms with van der Waals surface area (Å²) in [5, 5.41) is 5.51. The molecule has 0 atom stereocenters. The summed E-state index contributed by atoms with van der Waals surface area (Å²) in [5.41, 5.74) is 1.03. The molecule has 6 heteroatoms. The van der Waals surface area contributed by atoms with Crippen molar-refractivity contribution in [3.05, 3.63) is 58.5 Å². The monoisotopic (exact) mass is 341 g/mol. The molecule has 2 aromatic rings. The summed E-state index contributed by atoms with van der Waals surface area (Å²) >= 11 is 0. The lowest BCUT2D eigenvalue weighted by Crippen LogP contribution is -2.32. The third-order valence-corrected chi connectivity index (χ3v) is 3.63. The molecule has 2 N–H and O–H groups in total. The number of anilines is 1. The van der Waals surface area contributed by atoms with Crippen molar-refractivity contribution in [1.29, 1.82) is 0 Å². The van der Waals surface area contributed by atoms with Gasteiger partial charge in [0, 0.05) is 30.5 Å². The summed E-state index contributed by atoms with van der Waals surface area (Å²) in [6, 6.07) is 10.1. The SMILES string of the molecule is CCCNC(=O)c1cccn(-c2ccc(NC(=O)CCC)cc2)c1=O. The summed E-state index contributed by atoms with van der Waals surface area (Å²) in [4.78, 5) is 36.2. The molecular formula is C19H23N3O3. The zero-order valence-electron chi connectivity index (χ0n) is 14.5. The number of nitrogens with one attached hydrogen (secondary N) is 2. The summed E-state index contributed by atoms with van der Waals surface area (Å²) in [6.45, 7) is 4.42. The van der Waals surface area contributed by atoms with Crippen LogP contribution in [0.2, 0.25) is 0 Å². The van der Waals surface area contributed by atoms with Gasteiger partial charge in [-0.15, -0.1) is 0 Å². The Kier molecular flexibility index (Phi) is 6.51. The molecule has 132 valence electrons. The zero-order chi connectivity index (χ0) is 18.2. The first kappa shape index (κ1) is 18.4. The van der Waals surface area contributed by atoms with Crippen LogP contribution in [-0.2, 0) is 4.79 Å². The molecule has 25 heavy (non-hydrogen) atoms. The zero-order valence-corrected chi connectivity index (χ0v) is 14.5. The largest absolute Gasteiger partial charge is 0.352 e. The number of rotatable bonds is 7. The molecular weight excluding hydrogens is 318 g/mol. The molecule has 2 rings (SSSR count). The molecule has 0 aliphatic carbocycles. The van der Waals surface area contributed by atoms with E-state index in [9.17, 15) is 14.4 Å². The summed E-state index contributed by atoms with van der Waals surface area (Å²) < 4.78 is 1.42. The Labute approximate surface area is 146 Å². The molecule has 0 aliphatic heterocycles. The fraction of sp³-hybridized carbons (Fsp3) is 0.316. The first-order valence-corrected chi connectivity index (χ1v) is 8.47. The van der Waals surface area contributed by atoms with Crippen LogP contribution < -0.4 is 16.2 Å². The van der Waals surface area contributed by atoms with E-state index < -0.39 is 0 Å². The highest BCUT2D eigenvalue weighted by molar-refractivity contribution is 5.93. The van der Waals surface area contributed by atoms with Gasteiger partial charge in [-0.25, -0.2) is 0 Å². The fourth-order valence-electron chi connectivity index (χ4n) is 2.36. The number of benzene rings is 1. The van der Waals surface area contributed by atoms with E-state index in [0.717, 1.165) is 12.8 Å². The number of carbonyl (C=O) groups excluding carboxylic acids is 2. The van der Waals surface area contributed by atoms with Crippen molar-refractivity contribution in [1.82, 2.24) is 9.88 Å². The molecule has 1 heterocycles. The molecule has 0 saturated heterocycles. The van der Waals surface area contributed by atoms with Crippen LogP contribution in [0.25, 0.3) is 5.69 Å². The summed E-state index contributed by atoms with van der Waals surface area (Å²) in [5.74, 6) is -0.411. The van der Waals surface area contributed by atoms with E-state index in [1.165, 1.54) is 10.6 Å². The number of amides is 2. The van der Waals surface area contributed by atoms with Crippen molar-refractivity contribution in [2.75, 3.05) is 11.9 Å². The third kappa shape index (κ3) is 4.79. The number of nitrogens with zero attached hydrogens (tertiary/aromatic N) is 1. The van der Waals surface area contributed by atoms with E-state index in [4.69, 9.17) is 0 Å². The molecule has 0 bridgehead atoms. The minimum atomic E-state index is -0.376. The Bertz CT molecular complexity index is 794. The Morgan fingerprint density at radius 3 is 2.40 bits per heavy atom. The molecule has 0 unspecified atom stereocenters. The van der Waals surface area contributed by atoms with Crippen molar-refractivity contribution < 1.29 is 9.59 Å². The fourth-order valence-corrected chi connectivity index (χ4v) is 2.36. The highest BCUT2D eigenvalue weighted by atomic mass is 16.2. The molecule has 0 fully saturated rings. The van der Waals surface area contributed by atoms with Crippen LogP contribution in [0.15, 0.2) is 47.4 Å². The quantitative estimate of drug-likeness (QED) is 0.812. The maximum Gasteiger partial charge on any atom is 0.267 e. The molecule has 0 aliphatic rings. The van der Waals surface area contributed by atoms with E-state index in [2.05, 4.69) is 10.6 Å². The van der Waals surface area contributed by atoms with E-state index >= 15 is 0 Å². The average molecular weight is 341 g/mol. The van der Waals surface area contributed by atoms with Crippen molar-refractivity contribution in [2.24, 2.45) is 0 Å². The Morgan fingerprint density at radius 2 is 1.76 bits per heavy atom. The third-order valence-electron chi connectivity index (χ3n) is 3.63. The Hall–Kier alpha value is -2.89. The average Bonchev–Trinajstić information content (AvgIpc) is 2.61. The van der Waals surface area contributed by atoms with Crippen molar-refractivity contribution >= 4 is 17.5 Å². The van der Waals surface area contributed by atoms with Crippen LogP contribution in [0.5, 0.6) is 0 Å². The van der Waals surface area contributed by atoms with Crippen molar-refractivity contribution in [3.63, 3.8) is 0 Å². The lowest BCUT2D eigenvalue weighted by molar-refractivity contribution is -0.116. The van der Waals surface area contributed by atoms with Gasteiger partial charge in [-0.2, -0.15) is 0 Å². The second-order valence-corrected chi connectivity index (χ2v) is 5.70. The van der Waals surface area contributed by atoms with E-state index in [1.807, 2.05) is 13.8 Å². The van der Waals surface area contributed by atoms with Crippen LogP contribution in [0.3, 0.4) is 0 Å². The smallest absolute Gasteiger partial charge is 0.267 e. The van der Waals surface area contributed by atoms with Crippen LogP contribution in [0.1, 0.15) is 43.5 Å². The van der Waals surface area contributed by atoms with Crippen molar-refractivity contribution in [3.8, 4) is 5.69 Å². The maximum atomic E-state index is 12.6. The molecule has 2 amide bonds. The van der Waals surface area contributed by atoms with Crippen LogP contribution in [-0.4, -0.2) is 22.9 Å². The Morgan fingerprint density at radius 1 is 1.04 bits per heavy atom. The van der Waals surface area contributed by atoms with Gasteiger partial charge in [-0.05, 0) is 49.2 Å². The number of carbonyl (C=O) groups is 2. The standard InChI is InChI=1S/C19H23N3O3/c1-3-6-17(23)21-14-8-10-15(11-9-14)22-13-5-7-16(19(22)25)18(24)20-12-4-2/h5,7-11,13H,3-4,6,12H2,1-2H3,(H,20,24)(H,21,23). The highest BCUT2D eigenvalue weighted by Crippen LogP contribution is 2.13. The van der Waals surface area contributed by atoms with E-state index in [1.54, 1.807) is 36.5 Å². The number of hydrogen-bond donors (Lipinski definition) is 2. The molecule has 1 aromatic heterocycles. The first-order chi connectivity index (χ1) is 12.1. The van der Waals surface area contributed by atoms with Gasteiger partial charge in [0.25, 0.3) is 11.5 Å². The first-order valence-electron chi connectivity index (χ1n) is 8.47. The van der Waals surface area contributed by atoms with Gasteiger partial charge in [-0.3, -0.25) is 19.0 Å². The van der Waals surface area contributed by atoms with Gasteiger partial charge in [0.05, 0.1) is 0 Å². The predicted molar refractivity (Wildman–Crippen MR) is 98.2 cm³/mol. The number of hydrogen-bond acceptors (Lipinski definition) is 3. The number of pyridine rings is 1. The molecule has 0 spiro atoms. The normalized spacial score (nSPS) is 10.3. The minimum absolute atomic E-state index is 0.0398. The lowest BCUT2D eigenvalue weighted by atomic mass is 10.2. The minimum Gasteiger partial charge on any atom is -0.352 e. The van der Waals surface area contributed by atoms with Crippen LogP contribution >= 0.6 is 0 Å². The molecule has 0 radical (unpaired) electrons. The lowest BCUT2D eigenvalue weighted by Gasteiger charge is -2.10. The van der Waals surface area contributed by atoms with E-state index in [0.29, 0.717) is 24.3 Å². The molecule has 0 saturated carbocycles. The maximum absolute atomic E-state index is 12.6. The van der Waals surface area contributed by atoms with Crippen molar-refractivity contribution in [2.45, 2.75) is 33.1 Å². The van der Waals surface area contributed by atoms with Crippen LogP contribution in [0.4, 0.5) is 5.69 Å². The van der Waals surface area contributed by atoms with Gasteiger partial charge in [0.2, 0.25) is 5.91 Å². The second-order valence-electron chi connectivity index (χ2n) is 5.70. The van der Waals surface area contributed by atoms with Gasteiger partial charge in [0.1, 0.15) is 5.56 Å². The highest BCUT2D eigenvalue weighted by Gasteiger charge is 2.12. The Balaban J connectivity index is 2.23.